The standard InChI is InChI=1S/C20H25F3N2O.C9H14N2O2/c1-13-10-16(8-9-24(13)12-20(21,22)23)14(2)25-15(3)18(11-26)17-6-4-5-7-19(17)25;1-6-4-8(13-3)7(5-10-2)9(12)11-6/h4-7,11,13-14,16H,8-10,12H2,1-3H3;4,10H,5H2,1-3H3,(H,11,12). The van der Waals surface area contributed by atoms with Crippen LogP contribution < -0.4 is 15.6 Å². The summed E-state index contributed by atoms with van der Waals surface area (Å²) in [5.41, 5.74) is 4.00. The van der Waals surface area contributed by atoms with Gasteiger partial charge in [0.1, 0.15) is 5.75 Å². The number of piperidine rings is 1. The number of aldehydes is 1. The van der Waals surface area contributed by atoms with Crippen molar-refractivity contribution in [1.82, 2.24) is 19.8 Å². The lowest BCUT2D eigenvalue weighted by molar-refractivity contribution is -0.154. The molecule has 1 saturated heterocycles. The highest BCUT2D eigenvalue weighted by Gasteiger charge is 2.37. The number of aromatic amines is 1. The monoisotopic (exact) mass is 548 g/mol. The molecule has 0 saturated carbocycles. The number of methoxy groups -OCH3 is 1. The smallest absolute Gasteiger partial charge is 0.401 e. The Bertz CT molecular complexity index is 1330. The predicted octanol–water partition coefficient (Wildman–Crippen LogP) is 5.40. The van der Waals surface area contributed by atoms with Gasteiger partial charge in [0.15, 0.2) is 6.29 Å². The number of carbonyl (C=O) groups excluding carboxylic acids is 1. The molecule has 1 aliphatic heterocycles. The number of H-pyrrole nitrogens is 1. The number of halogens is 3. The molecule has 0 amide bonds. The summed E-state index contributed by atoms with van der Waals surface area (Å²) in [6.45, 7) is 7.89. The van der Waals surface area contributed by atoms with Crippen molar-refractivity contribution in [3.8, 4) is 5.75 Å². The van der Waals surface area contributed by atoms with Crippen LogP contribution in [0.2, 0.25) is 0 Å². The molecule has 1 aromatic carbocycles. The average Bonchev–Trinajstić information content (AvgIpc) is 3.16. The third kappa shape index (κ3) is 7.10. The van der Waals surface area contributed by atoms with E-state index >= 15 is 0 Å². The van der Waals surface area contributed by atoms with E-state index in [1.807, 2.05) is 51.1 Å². The third-order valence-corrected chi connectivity index (χ3v) is 7.65. The molecule has 1 aliphatic rings. The SMILES string of the molecule is CNCc1c(OC)cc(C)[nH]c1=O.Cc1c(C=O)c2ccccc2n1C(C)C1CCN(CC(F)(F)F)C(C)C1. The number of hydrogen-bond acceptors (Lipinski definition) is 5. The number of rotatable bonds is 7. The predicted molar refractivity (Wildman–Crippen MR) is 148 cm³/mol. The van der Waals surface area contributed by atoms with Crippen LogP contribution in [0, 0.1) is 19.8 Å². The number of nitrogens with zero attached hydrogens (tertiary/aromatic N) is 2. The summed E-state index contributed by atoms with van der Waals surface area (Å²) in [4.78, 5) is 27.2. The van der Waals surface area contributed by atoms with Gasteiger partial charge in [-0.1, -0.05) is 18.2 Å². The van der Waals surface area contributed by atoms with Crippen LogP contribution in [0.4, 0.5) is 13.2 Å². The molecule has 39 heavy (non-hydrogen) atoms. The van der Waals surface area contributed by atoms with Crippen molar-refractivity contribution >= 4 is 17.2 Å². The van der Waals surface area contributed by atoms with Crippen LogP contribution in [-0.4, -0.2) is 60.2 Å². The van der Waals surface area contributed by atoms with Crippen molar-refractivity contribution in [3.05, 3.63) is 63.2 Å². The number of para-hydroxylation sites is 1. The molecular weight excluding hydrogens is 509 g/mol. The molecule has 4 rings (SSSR count). The Morgan fingerprint density at radius 2 is 1.95 bits per heavy atom. The van der Waals surface area contributed by atoms with Gasteiger partial charge in [0, 0.05) is 46.5 Å². The Morgan fingerprint density at radius 3 is 2.54 bits per heavy atom. The molecule has 0 bridgehead atoms. The number of hydrogen-bond donors (Lipinski definition) is 2. The van der Waals surface area contributed by atoms with Crippen LogP contribution in [0.3, 0.4) is 0 Å². The van der Waals surface area contributed by atoms with Crippen LogP contribution in [0.1, 0.15) is 60.0 Å². The average molecular weight is 549 g/mol. The van der Waals surface area contributed by atoms with Crippen LogP contribution in [-0.2, 0) is 6.54 Å². The van der Waals surface area contributed by atoms with E-state index in [-0.39, 0.29) is 23.6 Å². The Labute approximate surface area is 227 Å². The summed E-state index contributed by atoms with van der Waals surface area (Å²) in [6.07, 6.45) is -1.81. The number of aryl methyl sites for hydroxylation is 1. The Hall–Kier alpha value is -3.11. The Kier molecular flexibility index (Phi) is 10.0. The number of carbonyl (C=O) groups is 1. The summed E-state index contributed by atoms with van der Waals surface area (Å²) < 4.78 is 45.5. The van der Waals surface area contributed by atoms with E-state index in [1.165, 1.54) is 4.90 Å². The minimum Gasteiger partial charge on any atom is -0.496 e. The molecule has 0 spiro atoms. The quantitative estimate of drug-likeness (QED) is 0.387. The summed E-state index contributed by atoms with van der Waals surface area (Å²) in [5.74, 6) is 0.916. The number of benzene rings is 1. The zero-order valence-electron chi connectivity index (χ0n) is 23.5. The highest BCUT2D eigenvalue weighted by Crippen LogP contribution is 2.37. The number of alkyl halides is 3. The molecule has 10 heteroatoms. The number of ether oxygens (including phenoxy) is 1. The van der Waals surface area contributed by atoms with Gasteiger partial charge in [-0.2, -0.15) is 13.2 Å². The second kappa shape index (κ2) is 12.8. The molecule has 0 radical (unpaired) electrons. The van der Waals surface area contributed by atoms with Gasteiger partial charge < -0.3 is 19.6 Å². The molecule has 3 unspecified atom stereocenters. The number of nitrogens with one attached hydrogen (secondary N) is 2. The first-order valence-corrected chi connectivity index (χ1v) is 13.2. The van der Waals surface area contributed by atoms with Gasteiger partial charge in [-0.05, 0) is 72.2 Å². The number of likely N-dealkylation sites (tertiary alicyclic amines) is 1. The third-order valence-electron chi connectivity index (χ3n) is 7.65. The van der Waals surface area contributed by atoms with Gasteiger partial charge in [-0.3, -0.25) is 14.5 Å². The van der Waals surface area contributed by atoms with Gasteiger partial charge >= 0.3 is 6.18 Å². The Balaban J connectivity index is 0.000000272. The van der Waals surface area contributed by atoms with E-state index in [1.54, 1.807) is 14.2 Å². The summed E-state index contributed by atoms with van der Waals surface area (Å²) in [5, 5.41) is 3.86. The largest absolute Gasteiger partial charge is 0.496 e. The topological polar surface area (TPSA) is 79.4 Å². The van der Waals surface area contributed by atoms with Gasteiger partial charge in [-0.15, -0.1) is 0 Å². The van der Waals surface area contributed by atoms with Crippen molar-refractivity contribution in [2.75, 3.05) is 27.2 Å². The highest BCUT2D eigenvalue weighted by atomic mass is 19.4. The van der Waals surface area contributed by atoms with Crippen molar-refractivity contribution < 1.29 is 22.7 Å². The van der Waals surface area contributed by atoms with Crippen molar-refractivity contribution in [3.63, 3.8) is 0 Å². The molecule has 0 aliphatic carbocycles. The zero-order valence-corrected chi connectivity index (χ0v) is 23.5. The van der Waals surface area contributed by atoms with Crippen LogP contribution in [0.5, 0.6) is 5.75 Å². The molecule has 214 valence electrons. The lowest BCUT2D eigenvalue weighted by Crippen LogP contribution is -2.46. The first kappa shape index (κ1) is 30.4. The molecule has 3 aromatic rings. The van der Waals surface area contributed by atoms with Crippen LogP contribution >= 0.6 is 0 Å². The fraction of sp³-hybridized carbons (Fsp3) is 0.517. The summed E-state index contributed by atoms with van der Waals surface area (Å²) in [7, 11) is 3.35. The fourth-order valence-corrected chi connectivity index (χ4v) is 5.67. The van der Waals surface area contributed by atoms with Crippen LogP contribution in [0.15, 0.2) is 35.1 Å². The van der Waals surface area contributed by atoms with Gasteiger partial charge in [0.25, 0.3) is 5.56 Å². The first-order valence-electron chi connectivity index (χ1n) is 13.2. The summed E-state index contributed by atoms with van der Waals surface area (Å²) in [6, 6.07) is 9.66. The number of aromatic nitrogens is 2. The van der Waals surface area contributed by atoms with E-state index in [0.29, 0.717) is 30.0 Å². The maximum absolute atomic E-state index is 12.7. The van der Waals surface area contributed by atoms with Crippen molar-refractivity contribution in [2.24, 2.45) is 5.92 Å². The first-order chi connectivity index (χ1) is 18.4. The van der Waals surface area contributed by atoms with E-state index in [2.05, 4.69) is 21.8 Å². The van der Waals surface area contributed by atoms with Crippen molar-refractivity contribution in [1.29, 1.82) is 0 Å². The number of pyridine rings is 1. The van der Waals surface area contributed by atoms with E-state index in [0.717, 1.165) is 41.4 Å². The zero-order chi connectivity index (χ0) is 28.9. The number of fused-ring (bicyclic) bond motifs is 1. The second-order valence-electron chi connectivity index (χ2n) is 10.3. The minimum atomic E-state index is -4.15. The van der Waals surface area contributed by atoms with Crippen LogP contribution in [0.25, 0.3) is 10.9 Å². The van der Waals surface area contributed by atoms with Crippen molar-refractivity contribution in [2.45, 2.75) is 65.3 Å². The van der Waals surface area contributed by atoms with Gasteiger partial charge in [0.2, 0.25) is 0 Å². The lowest BCUT2D eigenvalue weighted by atomic mass is 9.86. The maximum atomic E-state index is 12.7. The molecular formula is C29H39F3N4O3. The second-order valence-corrected chi connectivity index (χ2v) is 10.3. The summed E-state index contributed by atoms with van der Waals surface area (Å²) >= 11 is 0. The molecule has 3 heterocycles. The molecule has 2 N–H and O–H groups in total. The van der Waals surface area contributed by atoms with Gasteiger partial charge in [-0.25, -0.2) is 0 Å². The van der Waals surface area contributed by atoms with E-state index in [9.17, 15) is 22.8 Å². The molecule has 3 atom stereocenters. The fourth-order valence-electron chi connectivity index (χ4n) is 5.67. The lowest BCUT2D eigenvalue weighted by Gasteiger charge is -2.40. The van der Waals surface area contributed by atoms with E-state index in [4.69, 9.17) is 4.74 Å². The van der Waals surface area contributed by atoms with E-state index < -0.39 is 12.7 Å². The molecule has 1 fully saturated rings. The Morgan fingerprint density at radius 1 is 1.26 bits per heavy atom. The molecule has 2 aromatic heterocycles. The molecule has 7 nitrogen and oxygen atoms in total. The highest BCUT2D eigenvalue weighted by molar-refractivity contribution is 5.99. The normalized spacial score (nSPS) is 18.9. The maximum Gasteiger partial charge on any atom is 0.401 e. The minimum absolute atomic E-state index is 0.0915. The van der Waals surface area contributed by atoms with Gasteiger partial charge in [0.05, 0.1) is 19.2 Å².